The van der Waals surface area contributed by atoms with E-state index in [1.165, 1.54) is 11.1 Å². The number of hydrogen-bond donors (Lipinski definition) is 0. The summed E-state index contributed by atoms with van der Waals surface area (Å²) in [7, 11) is 0. The highest BCUT2D eigenvalue weighted by Crippen LogP contribution is 2.32. The van der Waals surface area contributed by atoms with Gasteiger partial charge in [-0.2, -0.15) is 0 Å². The lowest BCUT2D eigenvalue weighted by molar-refractivity contribution is -0.119. The number of amides is 1. The van der Waals surface area contributed by atoms with E-state index < -0.39 is 0 Å². The van der Waals surface area contributed by atoms with Crippen molar-refractivity contribution < 1.29 is 4.79 Å². The fraction of sp³-hybridized carbons (Fsp3) is 0.176. The molecule has 4 heteroatoms. The Balaban J connectivity index is 1.73. The Bertz CT molecular complexity index is 686. The molecule has 0 N–H and O–H groups in total. The van der Waals surface area contributed by atoms with E-state index in [-0.39, 0.29) is 11.9 Å². The van der Waals surface area contributed by atoms with Crippen LogP contribution in [0, 0.1) is 0 Å². The molecule has 1 atom stereocenters. The van der Waals surface area contributed by atoms with Crippen molar-refractivity contribution in [2.45, 2.75) is 19.0 Å². The van der Waals surface area contributed by atoms with Gasteiger partial charge in [0.2, 0.25) is 0 Å². The molecule has 1 amide bonds. The maximum absolute atomic E-state index is 12.8. The fourth-order valence-electron chi connectivity index (χ4n) is 3.13. The van der Waals surface area contributed by atoms with Crippen LogP contribution in [0.1, 0.15) is 11.1 Å². The summed E-state index contributed by atoms with van der Waals surface area (Å²) >= 11 is 5.56. The molecule has 3 nitrogen and oxygen atoms in total. The molecule has 1 fully saturated rings. The van der Waals surface area contributed by atoms with Crippen molar-refractivity contribution in [1.29, 1.82) is 0 Å². The summed E-state index contributed by atoms with van der Waals surface area (Å²) in [6, 6.07) is 17.8. The third-order valence-corrected chi connectivity index (χ3v) is 4.62. The van der Waals surface area contributed by atoms with E-state index in [2.05, 4.69) is 12.1 Å². The van der Waals surface area contributed by atoms with Crippen LogP contribution < -0.4 is 4.90 Å². The van der Waals surface area contributed by atoms with E-state index in [0.717, 1.165) is 18.7 Å². The number of carbonyl (C=O) groups is 1. The molecule has 1 saturated heterocycles. The summed E-state index contributed by atoms with van der Waals surface area (Å²) in [5, 5.41) is 0.616. The van der Waals surface area contributed by atoms with Gasteiger partial charge in [-0.1, -0.05) is 42.5 Å². The number of thiocarbonyl (C=S) groups is 1. The van der Waals surface area contributed by atoms with Crippen molar-refractivity contribution in [2.24, 2.45) is 0 Å². The molecular formula is C17H14N2OS. The number of nitrogens with zero attached hydrogens (tertiary/aromatic N) is 2. The van der Waals surface area contributed by atoms with E-state index in [9.17, 15) is 4.79 Å². The van der Waals surface area contributed by atoms with E-state index >= 15 is 0 Å². The third kappa shape index (κ3) is 1.87. The summed E-state index contributed by atoms with van der Waals surface area (Å²) in [6.45, 7) is 0.717. The van der Waals surface area contributed by atoms with Gasteiger partial charge in [-0.25, -0.2) is 0 Å². The Kier molecular flexibility index (Phi) is 2.79. The highest BCUT2D eigenvalue weighted by Gasteiger charge is 2.45. The molecular weight excluding hydrogens is 280 g/mol. The Morgan fingerprint density at radius 2 is 1.62 bits per heavy atom. The Labute approximate surface area is 128 Å². The second-order valence-corrected chi connectivity index (χ2v) is 5.77. The first-order chi connectivity index (χ1) is 10.3. The molecule has 0 saturated carbocycles. The number of anilines is 1. The molecule has 0 bridgehead atoms. The standard InChI is InChI=1S/C17H14N2OS/c20-16-15-10-12-6-4-5-7-13(12)11-18(15)17(21)19(16)14-8-2-1-3-9-14/h1-9,15H,10-11H2/t15-/m1/s1. The predicted octanol–water partition coefficient (Wildman–Crippen LogP) is 2.75. The number of rotatable bonds is 1. The van der Waals surface area contributed by atoms with Crippen LogP contribution in [0.5, 0.6) is 0 Å². The van der Waals surface area contributed by atoms with Crippen LogP contribution >= 0.6 is 12.2 Å². The van der Waals surface area contributed by atoms with Crippen molar-refractivity contribution in [3.63, 3.8) is 0 Å². The van der Waals surface area contributed by atoms with Crippen LogP contribution in [0.15, 0.2) is 54.6 Å². The van der Waals surface area contributed by atoms with Crippen LogP contribution in [-0.2, 0) is 17.8 Å². The third-order valence-electron chi connectivity index (χ3n) is 4.21. The number of fused-ring (bicyclic) bond motifs is 2. The zero-order chi connectivity index (χ0) is 14.4. The summed E-state index contributed by atoms with van der Waals surface area (Å²) in [5.41, 5.74) is 3.37. The quantitative estimate of drug-likeness (QED) is 0.756. The normalized spacial score (nSPS) is 20.5. The second-order valence-electron chi connectivity index (χ2n) is 5.41. The first kappa shape index (κ1) is 12.5. The molecule has 0 aliphatic carbocycles. The maximum atomic E-state index is 12.8. The van der Waals surface area contributed by atoms with Crippen molar-refractivity contribution in [3.05, 3.63) is 65.7 Å². The van der Waals surface area contributed by atoms with Gasteiger partial charge in [0.1, 0.15) is 6.04 Å². The number of hydrogen-bond acceptors (Lipinski definition) is 2. The van der Waals surface area contributed by atoms with Gasteiger partial charge in [-0.05, 0) is 35.5 Å². The topological polar surface area (TPSA) is 23.6 Å². The predicted molar refractivity (Wildman–Crippen MR) is 86.0 cm³/mol. The minimum absolute atomic E-state index is 0.0840. The molecule has 4 rings (SSSR count). The lowest BCUT2D eigenvalue weighted by Gasteiger charge is -2.30. The zero-order valence-corrected chi connectivity index (χ0v) is 12.2. The minimum Gasteiger partial charge on any atom is -0.332 e. The lowest BCUT2D eigenvalue weighted by Crippen LogP contribution is -2.39. The van der Waals surface area contributed by atoms with Gasteiger partial charge in [0.15, 0.2) is 5.11 Å². The first-order valence-electron chi connectivity index (χ1n) is 7.02. The Hall–Kier alpha value is -2.20. The molecule has 2 aliphatic heterocycles. The summed E-state index contributed by atoms with van der Waals surface area (Å²) in [6.07, 6.45) is 0.735. The minimum atomic E-state index is -0.160. The average Bonchev–Trinajstić information content (AvgIpc) is 2.77. The van der Waals surface area contributed by atoms with Gasteiger partial charge in [-0.3, -0.25) is 9.69 Å². The highest BCUT2D eigenvalue weighted by atomic mass is 32.1. The summed E-state index contributed by atoms with van der Waals surface area (Å²) in [5.74, 6) is 0.0840. The molecule has 2 aromatic carbocycles. The monoisotopic (exact) mass is 294 g/mol. The molecule has 0 aromatic heterocycles. The number of para-hydroxylation sites is 1. The molecule has 2 heterocycles. The van der Waals surface area contributed by atoms with Crippen molar-refractivity contribution >= 4 is 28.9 Å². The highest BCUT2D eigenvalue weighted by molar-refractivity contribution is 7.80. The molecule has 21 heavy (non-hydrogen) atoms. The summed E-state index contributed by atoms with van der Waals surface area (Å²) in [4.78, 5) is 16.5. The van der Waals surface area contributed by atoms with Crippen LogP contribution in [0.3, 0.4) is 0 Å². The van der Waals surface area contributed by atoms with E-state index in [1.54, 1.807) is 4.90 Å². The van der Waals surface area contributed by atoms with Gasteiger partial charge in [0.05, 0.1) is 5.69 Å². The van der Waals surface area contributed by atoms with Crippen LogP contribution in [0.25, 0.3) is 0 Å². The number of benzene rings is 2. The first-order valence-corrected chi connectivity index (χ1v) is 7.43. The van der Waals surface area contributed by atoms with Gasteiger partial charge >= 0.3 is 0 Å². The largest absolute Gasteiger partial charge is 0.332 e. The van der Waals surface area contributed by atoms with Crippen LogP contribution in [-0.4, -0.2) is 22.0 Å². The van der Waals surface area contributed by atoms with Gasteiger partial charge < -0.3 is 4.90 Å². The SMILES string of the molecule is O=C1[C@H]2Cc3ccccc3CN2C(=S)N1c1ccccc1. The summed E-state index contributed by atoms with van der Waals surface area (Å²) < 4.78 is 0. The van der Waals surface area contributed by atoms with Gasteiger partial charge in [0.25, 0.3) is 5.91 Å². The molecule has 0 unspecified atom stereocenters. The molecule has 0 spiro atoms. The van der Waals surface area contributed by atoms with E-state index in [0.29, 0.717) is 5.11 Å². The zero-order valence-electron chi connectivity index (χ0n) is 11.4. The average molecular weight is 294 g/mol. The lowest BCUT2D eigenvalue weighted by atomic mass is 9.95. The van der Waals surface area contributed by atoms with Crippen LogP contribution in [0.4, 0.5) is 5.69 Å². The van der Waals surface area contributed by atoms with E-state index in [4.69, 9.17) is 12.2 Å². The van der Waals surface area contributed by atoms with Crippen molar-refractivity contribution in [2.75, 3.05) is 4.90 Å². The Morgan fingerprint density at radius 3 is 2.38 bits per heavy atom. The van der Waals surface area contributed by atoms with E-state index in [1.807, 2.05) is 47.4 Å². The molecule has 104 valence electrons. The number of carbonyl (C=O) groups excluding carboxylic acids is 1. The van der Waals surface area contributed by atoms with Gasteiger partial charge in [0, 0.05) is 13.0 Å². The molecule has 0 radical (unpaired) electrons. The maximum Gasteiger partial charge on any atom is 0.256 e. The van der Waals surface area contributed by atoms with Crippen LogP contribution in [0.2, 0.25) is 0 Å². The molecule has 2 aliphatic rings. The van der Waals surface area contributed by atoms with Crippen molar-refractivity contribution in [3.8, 4) is 0 Å². The van der Waals surface area contributed by atoms with Gasteiger partial charge in [-0.15, -0.1) is 0 Å². The Morgan fingerprint density at radius 1 is 0.952 bits per heavy atom. The second kappa shape index (κ2) is 4.67. The molecule has 2 aromatic rings. The smallest absolute Gasteiger partial charge is 0.256 e. The van der Waals surface area contributed by atoms with Crippen molar-refractivity contribution in [1.82, 2.24) is 4.90 Å². The fourth-order valence-corrected chi connectivity index (χ4v) is 3.52.